The molecule has 2 rings (SSSR count). The first kappa shape index (κ1) is 22.2. The quantitative estimate of drug-likeness (QED) is 0.538. The second-order valence-corrected chi connectivity index (χ2v) is 8.19. The van der Waals surface area contributed by atoms with Crippen molar-refractivity contribution in [3.05, 3.63) is 63.7 Å². The molecule has 0 bridgehead atoms. The molecule has 29 heavy (non-hydrogen) atoms. The summed E-state index contributed by atoms with van der Waals surface area (Å²) in [6.45, 7) is 3.11. The van der Waals surface area contributed by atoms with Gasteiger partial charge in [0.25, 0.3) is 5.69 Å². The van der Waals surface area contributed by atoms with Crippen molar-refractivity contribution in [3.63, 3.8) is 0 Å². The van der Waals surface area contributed by atoms with Gasteiger partial charge in [0.2, 0.25) is 15.9 Å². The number of benzene rings is 2. The lowest BCUT2D eigenvalue weighted by Gasteiger charge is -2.31. The number of amides is 1. The first-order chi connectivity index (χ1) is 13.5. The van der Waals surface area contributed by atoms with E-state index in [2.05, 4.69) is 5.32 Å². The van der Waals surface area contributed by atoms with Gasteiger partial charge in [0.15, 0.2) is 11.6 Å². The third-order valence-corrected chi connectivity index (χ3v) is 5.32. The van der Waals surface area contributed by atoms with Gasteiger partial charge in [-0.1, -0.05) is 13.0 Å². The summed E-state index contributed by atoms with van der Waals surface area (Å²) in [5.41, 5.74) is -0.0132. The Kier molecular flexibility index (Phi) is 6.52. The number of nitro benzene ring substituents is 1. The highest BCUT2D eigenvalue weighted by molar-refractivity contribution is 7.92. The molecule has 0 heterocycles. The number of nitrogens with one attached hydrogen (secondary N) is 1. The van der Waals surface area contributed by atoms with Crippen molar-refractivity contribution in [2.75, 3.05) is 15.9 Å². The molecule has 0 saturated carbocycles. The van der Waals surface area contributed by atoms with Crippen molar-refractivity contribution >= 4 is 33.0 Å². The van der Waals surface area contributed by atoms with Gasteiger partial charge in [-0.2, -0.15) is 0 Å². The van der Waals surface area contributed by atoms with Crippen LogP contribution >= 0.6 is 0 Å². The Morgan fingerprint density at radius 3 is 2.38 bits per heavy atom. The molecule has 0 aliphatic rings. The number of hydrogen-bond acceptors (Lipinski definition) is 5. The molecule has 0 aliphatic heterocycles. The Morgan fingerprint density at radius 2 is 1.86 bits per heavy atom. The molecule has 0 saturated heterocycles. The molecule has 0 aromatic heterocycles. The molecule has 0 radical (unpaired) electrons. The van der Waals surface area contributed by atoms with Crippen LogP contribution in [0.25, 0.3) is 0 Å². The van der Waals surface area contributed by atoms with Gasteiger partial charge < -0.3 is 5.32 Å². The van der Waals surface area contributed by atoms with Crippen LogP contribution in [0.3, 0.4) is 0 Å². The number of non-ortho nitro benzene ring substituents is 1. The van der Waals surface area contributed by atoms with Crippen LogP contribution < -0.4 is 9.62 Å². The maximum absolute atomic E-state index is 13.4. The summed E-state index contributed by atoms with van der Waals surface area (Å²) < 4.78 is 52.3. The molecule has 1 amide bonds. The first-order valence-electron chi connectivity index (χ1n) is 8.46. The number of halogens is 2. The van der Waals surface area contributed by atoms with Gasteiger partial charge in [-0.15, -0.1) is 0 Å². The summed E-state index contributed by atoms with van der Waals surface area (Å²) in [5, 5.41) is 13.5. The molecule has 0 unspecified atom stereocenters. The maximum atomic E-state index is 13.4. The zero-order chi connectivity index (χ0) is 21.9. The SMILES string of the molecule is CC[C@@H](C(=O)Nc1ccc(F)c(F)c1)N(c1cc([N+](=O)[O-])ccc1C)S(C)(=O)=O. The fraction of sp³-hybridized carbons (Fsp3) is 0.278. The fourth-order valence-corrected chi connectivity index (χ4v) is 4.04. The lowest BCUT2D eigenvalue weighted by Crippen LogP contribution is -2.47. The van der Waals surface area contributed by atoms with Gasteiger partial charge in [0.05, 0.1) is 16.9 Å². The topological polar surface area (TPSA) is 110 Å². The number of carbonyl (C=O) groups is 1. The summed E-state index contributed by atoms with van der Waals surface area (Å²) in [6.07, 6.45) is 0.892. The van der Waals surface area contributed by atoms with Crippen LogP contribution in [0.15, 0.2) is 36.4 Å². The molecule has 1 N–H and O–H groups in total. The standard InChI is InChI=1S/C18H19F2N3O5S/c1-4-16(18(24)21-12-6-8-14(19)15(20)9-12)22(29(3,27)28)17-10-13(23(25)26)7-5-11(17)2/h5-10,16H,4H2,1-3H3,(H,21,24)/t16-/m0/s1. The zero-order valence-electron chi connectivity index (χ0n) is 15.8. The summed E-state index contributed by atoms with van der Waals surface area (Å²) in [4.78, 5) is 23.2. The van der Waals surface area contributed by atoms with Crippen LogP contribution in [-0.2, 0) is 14.8 Å². The minimum Gasteiger partial charge on any atom is -0.324 e. The lowest BCUT2D eigenvalue weighted by atomic mass is 10.1. The van der Waals surface area contributed by atoms with Crippen molar-refractivity contribution in [1.29, 1.82) is 0 Å². The van der Waals surface area contributed by atoms with Crippen molar-refractivity contribution in [2.24, 2.45) is 0 Å². The molecule has 2 aromatic carbocycles. The van der Waals surface area contributed by atoms with E-state index < -0.39 is 38.5 Å². The van der Waals surface area contributed by atoms with Crippen LogP contribution in [0.2, 0.25) is 0 Å². The third kappa shape index (κ3) is 5.05. The summed E-state index contributed by atoms with van der Waals surface area (Å²) in [7, 11) is -4.03. The number of anilines is 2. The lowest BCUT2D eigenvalue weighted by molar-refractivity contribution is -0.384. The highest BCUT2D eigenvalue weighted by atomic mass is 32.2. The Labute approximate surface area is 166 Å². The molecular formula is C18H19F2N3O5S. The van der Waals surface area contributed by atoms with Crippen LogP contribution in [-0.4, -0.2) is 31.5 Å². The van der Waals surface area contributed by atoms with E-state index in [-0.39, 0.29) is 23.5 Å². The molecule has 156 valence electrons. The van der Waals surface area contributed by atoms with Crippen molar-refractivity contribution < 1.29 is 26.9 Å². The predicted octanol–water partition coefficient (Wildman–Crippen LogP) is 3.36. The van der Waals surface area contributed by atoms with Crippen LogP contribution in [0.4, 0.5) is 25.8 Å². The van der Waals surface area contributed by atoms with Gasteiger partial charge in [-0.3, -0.25) is 19.2 Å². The molecule has 1 atom stereocenters. The smallest absolute Gasteiger partial charge is 0.271 e. The minimum absolute atomic E-state index is 0.0186. The molecule has 2 aromatic rings. The summed E-state index contributed by atoms with van der Waals surface area (Å²) >= 11 is 0. The fourth-order valence-electron chi connectivity index (χ4n) is 2.78. The summed E-state index contributed by atoms with van der Waals surface area (Å²) in [5.74, 6) is -3.07. The molecular weight excluding hydrogens is 408 g/mol. The largest absolute Gasteiger partial charge is 0.324 e. The summed E-state index contributed by atoms with van der Waals surface area (Å²) in [6, 6.07) is 5.12. The van der Waals surface area contributed by atoms with E-state index in [1.54, 1.807) is 13.8 Å². The van der Waals surface area contributed by atoms with Crippen molar-refractivity contribution in [3.8, 4) is 0 Å². The number of nitrogens with zero attached hydrogens (tertiary/aromatic N) is 2. The number of sulfonamides is 1. The van der Waals surface area contributed by atoms with E-state index in [0.717, 1.165) is 34.8 Å². The van der Waals surface area contributed by atoms with Crippen molar-refractivity contribution in [1.82, 2.24) is 0 Å². The first-order valence-corrected chi connectivity index (χ1v) is 10.3. The van der Waals surface area contributed by atoms with Crippen LogP contribution in [0, 0.1) is 28.7 Å². The third-order valence-electron chi connectivity index (χ3n) is 4.16. The highest BCUT2D eigenvalue weighted by Gasteiger charge is 2.33. The van der Waals surface area contributed by atoms with E-state index in [4.69, 9.17) is 0 Å². The molecule has 0 fully saturated rings. The maximum Gasteiger partial charge on any atom is 0.271 e. The number of hydrogen-bond donors (Lipinski definition) is 1. The van der Waals surface area contributed by atoms with E-state index in [9.17, 15) is 32.1 Å². The normalized spacial score (nSPS) is 12.3. The number of rotatable bonds is 7. The average Bonchev–Trinajstić information content (AvgIpc) is 2.62. The Balaban J connectivity index is 2.49. The Morgan fingerprint density at radius 1 is 1.21 bits per heavy atom. The Hall–Kier alpha value is -3.08. The molecule has 0 spiro atoms. The van der Waals surface area contributed by atoms with E-state index in [1.807, 2.05) is 0 Å². The number of nitro groups is 1. The minimum atomic E-state index is -4.03. The zero-order valence-corrected chi connectivity index (χ0v) is 16.7. The predicted molar refractivity (Wildman–Crippen MR) is 104 cm³/mol. The molecule has 0 aliphatic carbocycles. The van der Waals surface area contributed by atoms with Gasteiger partial charge in [0, 0.05) is 23.9 Å². The van der Waals surface area contributed by atoms with E-state index in [0.29, 0.717) is 5.56 Å². The van der Waals surface area contributed by atoms with E-state index >= 15 is 0 Å². The second kappa shape index (κ2) is 8.52. The van der Waals surface area contributed by atoms with Crippen molar-refractivity contribution in [2.45, 2.75) is 26.3 Å². The second-order valence-electron chi connectivity index (χ2n) is 6.33. The Bertz CT molecular complexity index is 1060. The van der Waals surface area contributed by atoms with Gasteiger partial charge in [0.1, 0.15) is 6.04 Å². The number of aryl methyl sites for hydroxylation is 1. The van der Waals surface area contributed by atoms with Gasteiger partial charge in [-0.25, -0.2) is 17.2 Å². The van der Waals surface area contributed by atoms with Crippen LogP contribution in [0.5, 0.6) is 0 Å². The molecule has 11 heteroatoms. The average molecular weight is 427 g/mol. The number of carbonyl (C=O) groups excluding carboxylic acids is 1. The van der Waals surface area contributed by atoms with E-state index in [1.165, 1.54) is 12.1 Å². The highest BCUT2D eigenvalue weighted by Crippen LogP contribution is 2.30. The van der Waals surface area contributed by atoms with Gasteiger partial charge >= 0.3 is 0 Å². The van der Waals surface area contributed by atoms with Crippen LogP contribution in [0.1, 0.15) is 18.9 Å². The van der Waals surface area contributed by atoms with Gasteiger partial charge in [-0.05, 0) is 31.0 Å². The molecule has 8 nitrogen and oxygen atoms in total. The monoisotopic (exact) mass is 427 g/mol.